The molecule has 2 aromatic rings. The summed E-state index contributed by atoms with van der Waals surface area (Å²) in [6, 6.07) is 18.3. The van der Waals surface area contributed by atoms with Gasteiger partial charge in [-0.05, 0) is 53.4 Å². The molecule has 1 spiro atoms. The highest BCUT2D eigenvalue weighted by molar-refractivity contribution is 5.81. The standard InChI is InChI=1S/C21H24/c1-3-16-12-15(2)13-21(14-16)19-10-6-4-8-17(19)18-9-5-7-11-20(18)21/h4-11,15-16H,3,12-14H2,1-2H3. The Labute approximate surface area is 128 Å². The first-order valence-corrected chi connectivity index (χ1v) is 8.44. The molecular formula is C21H24. The number of hydrogen-bond donors (Lipinski definition) is 0. The lowest BCUT2D eigenvalue weighted by Gasteiger charge is -2.43. The molecule has 4 rings (SSSR count). The Bertz CT molecular complexity index is 622. The van der Waals surface area contributed by atoms with E-state index in [1.165, 1.54) is 36.8 Å². The summed E-state index contributed by atoms with van der Waals surface area (Å²) in [6.45, 7) is 4.82. The average Bonchev–Trinajstić information content (AvgIpc) is 2.78. The molecule has 2 unspecified atom stereocenters. The largest absolute Gasteiger partial charge is 0.0651 e. The third kappa shape index (κ3) is 1.81. The summed E-state index contributed by atoms with van der Waals surface area (Å²) in [5, 5.41) is 0. The van der Waals surface area contributed by atoms with E-state index < -0.39 is 0 Å². The first-order valence-electron chi connectivity index (χ1n) is 8.44. The number of rotatable bonds is 1. The first-order chi connectivity index (χ1) is 10.2. The van der Waals surface area contributed by atoms with Gasteiger partial charge in [0.05, 0.1) is 0 Å². The fourth-order valence-corrected chi connectivity index (χ4v) is 5.07. The van der Waals surface area contributed by atoms with E-state index in [-0.39, 0.29) is 5.41 Å². The molecule has 2 aliphatic rings. The monoisotopic (exact) mass is 276 g/mol. The molecule has 1 saturated carbocycles. The second kappa shape index (κ2) is 4.73. The van der Waals surface area contributed by atoms with Crippen LogP contribution in [-0.4, -0.2) is 0 Å². The molecule has 0 aliphatic heterocycles. The minimum atomic E-state index is 0.283. The molecule has 0 amide bonds. The van der Waals surface area contributed by atoms with Gasteiger partial charge in [0.15, 0.2) is 0 Å². The Balaban J connectivity index is 1.95. The van der Waals surface area contributed by atoms with E-state index >= 15 is 0 Å². The van der Waals surface area contributed by atoms with Gasteiger partial charge >= 0.3 is 0 Å². The summed E-state index contributed by atoms with van der Waals surface area (Å²) in [7, 11) is 0. The first kappa shape index (κ1) is 13.1. The highest BCUT2D eigenvalue weighted by Crippen LogP contribution is 2.57. The van der Waals surface area contributed by atoms with Gasteiger partial charge < -0.3 is 0 Å². The highest BCUT2D eigenvalue weighted by atomic mass is 14.5. The van der Waals surface area contributed by atoms with Gasteiger partial charge in [0, 0.05) is 5.41 Å². The van der Waals surface area contributed by atoms with Crippen molar-refractivity contribution in [1.29, 1.82) is 0 Å². The van der Waals surface area contributed by atoms with Crippen LogP contribution >= 0.6 is 0 Å². The van der Waals surface area contributed by atoms with Crippen LogP contribution in [0.15, 0.2) is 48.5 Å². The zero-order chi connectivity index (χ0) is 14.4. The van der Waals surface area contributed by atoms with Crippen molar-refractivity contribution in [2.24, 2.45) is 11.8 Å². The van der Waals surface area contributed by atoms with Crippen molar-refractivity contribution in [3.63, 3.8) is 0 Å². The average molecular weight is 276 g/mol. The normalized spacial score (nSPS) is 25.6. The van der Waals surface area contributed by atoms with Gasteiger partial charge in [0.2, 0.25) is 0 Å². The third-order valence-corrected chi connectivity index (χ3v) is 5.82. The molecule has 2 atom stereocenters. The van der Waals surface area contributed by atoms with Crippen LogP contribution in [0, 0.1) is 11.8 Å². The molecule has 0 bridgehead atoms. The molecule has 0 aromatic heterocycles. The Morgan fingerprint density at radius 3 is 2.05 bits per heavy atom. The van der Waals surface area contributed by atoms with Crippen molar-refractivity contribution >= 4 is 0 Å². The number of fused-ring (bicyclic) bond motifs is 5. The van der Waals surface area contributed by atoms with Gasteiger partial charge in [-0.2, -0.15) is 0 Å². The SMILES string of the molecule is CCC1CC(C)CC2(C1)c1ccccc1-c1ccccc12. The smallest absolute Gasteiger partial charge is 0.0220 e. The summed E-state index contributed by atoms with van der Waals surface area (Å²) in [6.07, 6.45) is 5.37. The van der Waals surface area contributed by atoms with E-state index in [1.54, 1.807) is 11.1 Å². The molecular weight excluding hydrogens is 252 g/mol. The zero-order valence-corrected chi connectivity index (χ0v) is 13.1. The van der Waals surface area contributed by atoms with Crippen molar-refractivity contribution in [2.75, 3.05) is 0 Å². The molecule has 108 valence electrons. The Hall–Kier alpha value is -1.56. The molecule has 0 N–H and O–H groups in total. The predicted molar refractivity (Wildman–Crippen MR) is 89.5 cm³/mol. The minimum absolute atomic E-state index is 0.283. The molecule has 0 heteroatoms. The Kier molecular flexibility index (Phi) is 2.96. The molecule has 0 saturated heterocycles. The third-order valence-electron chi connectivity index (χ3n) is 5.82. The summed E-state index contributed by atoms with van der Waals surface area (Å²) < 4.78 is 0. The van der Waals surface area contributed by atoms with Crippen LogP contribution in [0.5, 0.6) is 0 Å². The second-order valence-electron chi connectivity index (χ2n) is 7.20. The van der Waals surface area contributed by atoms with E-state index in [4.69, 9.17) is 0 Å². The van der Waals surface area contributed by atoms with Crippen molar-refractivity contribution in [3.05, 3.63) is 59.7 Å². The summed E-state index contributed by atoms with van der Waals surface area (Å²) in [4.78, 5) is 0. The minimum Gasteiger partial charge on any atom is -0.0651 e. The molecule has 2 aliphatic carbocycles. The lowest BCUT2D eigenvalue weighted by molar-refractivity contribution is 0.197. The van der Waals surface area contributed by atoms with E-state index in [0.717, 1.165) is 11.8 Å². The van der Waals surface area contributed by atoms with Gasteiger partial charge in [-0.25, -0.2) is 0 Å². The molecule has 2 aromatic carbocycles. The topological polar surface area (TPSA) is 0 Å². The van der Waals surface area contributed by atoms with Crippen molar-refractivity contribution in [2.45, 2.75) is 44.9 Å². The quantitative estimate of drug-likeness (QED) is 0.617. The van der Waals surface area contributed by atoms with Gasteiger partial charge in [-0.3, -0.25) is 0 Å². The highest BCUT2D eigenvalue weighted by Gasteiger charge is 2.47. The van der Waals surface area contributed by atoms with E-state index in [2.05, 4.69) is 62.4 Å². The fraction of sp³-hybridized carbons (Fsp3) is 0.429. The number of benzene rings is 2. The molecule has 21 heavy (non-hydrogen) atoms. The van der Waals surface area contributed by atoms with Crippen LogP contribution in [0.4, 0.5) is 0 Å². The molecule has 0 nitrogen and oxygen atoms in total. The van der Waals surface area contributed by atoms with Crippen LogP contribution in [0.2, 0.25) is 0 Å². The van der Waals surface area contributed by atoms with Gasteiger partial charge in [-0.1, -0.05) is 68.8 Å². The van der Waals surface area contributed by atoms with E-state index in [1.807, 2.05) is 0 Å². The van der Waals surface area contributed by atoms with Gasteiger partial charge in [0.25, 0.3) is 0 Å². The van der Waals surface area contributed by atoms with Crippen molar-refractivity contribution in [3.8, 4) is 11.1 Å². The zero-order valence-electron chi connectivity index (χ0n) is 13.1. The maximum Gasteiger partial charge on any atom is 0.0220 e. The fourth-order valence-electron chi connectivity index (χ4n) is 5.07. The van der Waals surface area contributed by atoms with E-state index in [9.17, 15) is 0 Å². The summed E-state index contributed by atoms with van der Waals surface area (Å²) >= 11 is 0. The van der Waals surface area contributed by atoms with Crippen LogP contribution in [0.1, 0.15) is 50.7 Å². The molecule has 1 fully saturated rings. The number of hydrogen-bond acceptors (Lipinski definition) is 0. The van der Waals surface area contributed by atoms with E-state index in [0.29, 0.717) is 0 Å². The van der Waals surface area contributed by atoms with Crippen LogP contribution < -0.4 is 0 Å². The Morgan fingerprint density at radius 2 is 1.48 bits per heavy atom. The maximum absolute atomic E-state index is 2.45. The van der Waals surface area contributed by atoms with Crippen LogP contribution in [0.25, 0.3) is 11.1 Å². The van der Waals surface area contributed by atoms with Crippen molar-refractivity contribution < 1.29 is 0 Å². The van der Waals surface area contributed by atoms with Crippen molar-refractivity contribution in [1.82, 2.24) is 0 Å². The van der Waals surface area contributed by atoms with Gasteiger partial charge in [-0.15, -0.1) is 0 Å². The summed E-state index contributed by atoms with van der Waals surface area (Å²) in [5.41, 5.74) is 6.44. The van der Waals surface area contributed by atoms with Crippen LogP contribution in [-0.2, 0) is 5.41 Å². The maximum atomic E-state index is 2.45. The molecule has 0 heterocycles. The predicted octanol–water partition coefficient (Wildman–Crippen LogP) is 5.80. The Morgan fingerprint density at radius 1 is 0.905 bits per heavy atom. The summed E-state index contributed by atoms with van der Waals surface area (Å²) in [5.74, 6) is 1.69. The molecule has 0 radical (unpaired) electrons. The van der Waals surface area contributed by atoms with Crippen LogP contribution in [0.3, 0.4) is 0 Å². The second-order valence-corrected chi connectivity index (χ2v) is 7.20. The lowest BCUT2D eigenvalue weighted by atomic mass is 9.61. The van der Waals surface area contributed by atoms with Gasteiger partial charge in [0.1, 0.15) is 0 Å². The lowest BCUT2D eigenvalue weighted by Crippen LogP contribution is -2.35.